The quantitative estimate of drug-likeness (QED) is 0.701. The molecule has 6 heteroatoms. The minimum Gasteiger partial charge on any atom is -0.369 e. The van der Waals surface area contributed by atoms with Gasteiger partial charge in [0.25, 0.3) is 0 Å². The van der Waals surface area contributed by atoms with Gasteiger partial charge < -0.3 is 15.6 Å². The molecule has 3 aromatic rings. The van der Waals surface area contributed by atoms with Crippen LogP contribution in [0.3, 0.4) is 0 Å². The van der Waals surface area contributed by atoms with Gasteiger partial charge >= 0.3 is 0 Å². The van der Waals surface area contributed by atoms with Gasteiger partial charge in [-0.15, -0.1) is 0 Å². The smallest absolute Gasteiger partial charge is 0.197 e. The summed E-state index contributed by atoms with van der Waals surface area (Å²) < 4.78 is 2.07. The molecule has 1 aromatic carbocycles. The molecular formula is C22H32N6. The molecule has 0 spiro atoms. The van der Waals surface area contributed by atoms with Crippen molar-refractivity contribution in [1.82, 2.24) is 19.7 Å². The van der Waals surface area contributed by atoms with Crippen molar-refractivity contribution >= 4 is 11.8 Å². The van der Waals surface area contributed by atoms with Crippen molar-refractivity contribution in [3.8, 4) is 5.69 Å². The van der Waals surface area contributed by atoms with Crippen molar-refractivity contribution in [1.29, 1.82) is 0 Å². The Balaban J connectivity index is 0.00000109. The van der Waals surface area contributed by atoms with Crippen LogP contribution >= 0.6 is 0 Å². The Morgan fingerprint density at radius 2 is 1.79 bits per heavy atom. The van der Waals surface area contributed by atoms with Gasteiger partial charge in [0.05, 0.1) is 17.1 Å². The van der Waals surface area contributed by atoms with E-state index in [1.807, 2.05) is 13.8 Å². The Labute approximate surface area is 167 Å². The molecule has 0 unspecified atom stereocenters. The number of aromatic amines is 1. The number of nitrogens with zero attached hydrogens (tertiary/aromatic N) is 4. The van der Waals surface area contributed by atoms with Crippen molar-refractivity contribution in [2.75, 3.05) is 23.7 Å². The fourth-order valence-corrected chi connectivity index (χ4v) is 3.94. The van der Waals surface area contributed by atoms with Crippen LogP contribution in [0.1, 0.15) is 55.3 Å². The lowest BCUT2D eigenvalue weighted by Crippen LogP contribution is -2.34. The summed E-state index contributed by atoms with van der Waals surface area (Å²) in [7, 11) is 0. The molecule has 4 rings (SSSR count). The molecule has 6 nitrogen and oxygen atoms in total. The van der Waals surface area contributed by atoms with Crippen LogP contribution in [-0.4, -0.2) is 32.8 Å². The summed E-state index contributed by atoms with van der Waals surface area (Å²) in [4.78, 5) is 10.1. The average molecular weight is 381 g/mol. The number of nitrogens with one attached hydrogen (secondary N) is 1. The van der Waals surface area contributed by atoms with Gasteiger partial charge in [-0.25, -0.2) is 9.67 Å². The van der Waals surface area contributed by atoms with E-state index in [4.69, 9.17) is 10.8 Å². The number of nitrogen functional groups attached to an aromatic ring is 1. The first-order valence-electron chi connectivity index (χ1n) is 10.2. The lowest BCUT2D eigenvalue weighted by Gasteiger charge is -2.33. The van der Waals surface area contributed by atoms with Gasteiger partial charge in [-0.05, 0) is 51.3 Å². The lowest BCUT2D eigenvalue weighted by atomic mass is 9.92. The number of anilines is 2. The highest BCUT2D eigenvalue weighted by Gasteiger charge is 2.26. The second-order valence-electron chi connectivity index (χ2n) is 7.29. The van der Waals surface area contributed by atoms with Crippen LogP contribution in [0.15, 0.2) is 30.3 Å². The molecule has 2 aromatic heterocycles. The highest BCUT2D eigenvalue weighted by atomic mass is 15.4. The van der Waals surface area contributed by atoms with Crippen LogP contribution in [-0.2, 0) is 0 Å². The van der Waals surface area contributed by atoms with Crippen molar-refractivity contribution in [3.63, 3.8) is 0 Å². The first kappa shape index (κ1) is 20.0. The second kappa shape index (κ2) is 8.50. The number of rotatable bonds is 3. The second-order valence-corrected chi connectivity index (χ2v) is 7.29. The van der Waals surface area contributed by atoms with E-state index in [1.54, 1.807) is 0 Å². The molecule has 1 saturated heterocycles. The predicted molar refractivity (Wildman–Crippen MR) is 116 cm³/mol. The number of H-pyrrole nitrogens is 1. The number of benzene rings is 1. The molecule has 3 N–H and O–H groups in total. The average Bonchev–Trinajstić information content (AvgIpc) is 3.25. The van der Waals surface area contributed by atoms with Gasteiger partial charge in [0.15, 0.2) is 5.95 Å². The molecule has 0 amide bonds. The number of piperidine rings is 1. The highest BCUT2D eigenvalue weighted by molar-refractivity contribution is 5.49. The Hall–Kier alpha value is -2.76. The van der Waals surface area contributed by atoms with Crippen molar-refractivity contribution in [3.05, 3.63) is 53.0 Å². The maximum Gasteiger partial charge on any atom is 0.197 e. The van der Waals surface area contributed by atoms with E-state index in [2.05, 4.69) is 70.7 Å². The van der Waals surface area contributed by atoms with Gasteiger partial charge in [-0.2, -0.15) is 5.10 Å². The van der Waals surface area contributed by atoms with E-state index in [0.717, 1.165) is 48.7 Å². The predicted octanol–water partition coefficient (Wildman–Crippen LogP) is 4.51. The molecule has 0 radical (unpaired) electrons. The summed E-state index contributed by atoms with van der Waals surface area (Å²) in [6.45, 7) is 12.2. The van der Waals surface area contributed by atoms with Crippen LogP contribution in [0.4, 0.5) is 11.8 Å². The molecule has 150 valence electrons. The van der Waals surface area contributed by atoms with E-state index in [-0.39, 0.29) is 0 Å². The third-order valence-corrected chi connectivity index (χ3v) is 5.21. The van der Waals surface area contributed by atoms with Gasteiger partial charge in [-0.1, -0.05) is 26.0 Å². The monoisotopic (exact) mass is 380 g/mol. The summed E-state index contributed by atoms with van der Waals surface area (Å²) >= 11 is 0. The molecule has 1 fully saturated rings. The number of hydrogen-bond donors (Lipinski definition) is 2. The van der Waals surface area contributed by atoms with E-state index >= 15 is 0 Å². The summed E-state index contributed by atoms with van der Waals surface area (Å²) in [5.41, 5.74) is 11.4. The number of hydrogen-bond acceptors (Lipinski definition) is 4. The zero-order valence-corrected chi connectivity index (χ0v) is 17.7. The summed E-state index contributed by atoms with van der Waals surface area (Å²) in [6.07, 6.45) is 2.15. The number of imidazole rings is 1. The van der Waals surface area contributed by atoms with E-state index in [1.165, 1.54) is 11.4 Å². The van der Waals surface area contributed by atoms with Crippen LogP contribution in [0.2, 0.25) is 0 Å². The molecule has 28 heavy (non-hydrogen) atoms. The molecule has 1 aliphatic heterocycles. The van der Waals surface area contributed by atoms with E-state index in [0.29, 0.717) is 11.9 Å². The van der Waals surface area contributed by atoms with Gasteiger partial charge in [0.2, 0.25) is 0 Å². The first-order chi connectivity index (χ1) is 13.5. The molecule has 0 aliphatic carbocycles. The molecule has 0 saturated carbocycles. The fraction of sp³-hybridized carbons (Fsp3) is 0.455. The SMILES string of the molecule is CC.Cc1cccc(-n2nc(C)cc2N2CCC(c3nc(N)[nH]c3C)CC2)c1. The van der Waals surface area contributed by atoms with Crippen molar-refractivity contribution in [2.24, 2.45) is 0 Å². The minimum absolute atomic E-state index is 0.469. The van der Waals surface area contributed by atoms with E-state index < -0.39 is 0 Å². The van der Waals surface area contributed by atoms with Crippen molar-refractivity contribution < 1.29 is 0 Å². The standard InChI is InChI=1S/C20H26N6.C2H6/c1-13-5-4-6-17(11-13)26-18(12-14(2)24-26)25-9-7-16(8-10-25)19-15(3)22-20(21)23-19;1-2/h4-6,11-12,16H,7-10H2,1-3H3,(H3,21,22,23);1-2H3. The minimum atomic E-state index is 0.469. The van der Waals surface area contributed by atoms with Crippen LogP contribution < -0.4 is 10.6 Å². The Kier molecular flexibility index (Phi) is 6.07. The summed E-state index contributed by atoms with van der Waals surface area (Å²) in [5.74, 6) is 2.16. The topological polar surface area (TPSA) is 75.8 Å². The van der Waals surface area contributed by atoms with E-state index in [9.17, 15) is 0 Å². The zero-order valence-electron chi connectivity index (χ0n) is 17.7. The Bertz CT molecular complexity index is 915. The third kappa shape index (κ3) is 4.06. The van der Waals surface area contributed by atoms with Crippen LogP contribution in [0.5, 0.6) is 0 Å². The molecule has 0 bridgehead atoms. The summed E-state index contributed by atoms with van der Waals surface area (Å²) in [6, 6.07) is 10.7. The molecule has 3 heterocycles. The maximum absolute atomic E-state index is 5.81. The summed E-state index contributed by atoms with van der Waals surface area (Å²) in [5, 5.41) is 4.73. The lowest BCUT2D eigenvalue weighted by molar-refractivity contribution is 0.490. The first-order valence-corrected chi connectivity index (χ1v) is 10.2. The van der Waals surface area contributed by atoms with Crippen LogP contribution in [0, 0.1) is 20.8 Å². The normalized spacial score (nSPS) is 14.7. The zero-order chi connectivity index (χ0) is 20.3. The Morgan fingerprint density at radius 3 is 2.39 bits per heavy atom. The number of aromatic nitrogens is 4. The molecular weight excluding hydrogens is 348 g/mol. The van der Waals surface area contributed by atoms with Crippen molar-refractivity contribution in [2.45, 2.75) is 53.4 Å². The fourth-order valence-electron chi connectivity index (χ4n) is 3.94. The number of aryl methyl sites for hydroxylation is 3. The molecule has 0 atom stereocenters. The van der Waals surface area contributed by atoms with Gasteiger partial charge in [0, 0.05) is 30.8 Å². The van der Waals surface area contributed by atoms with Crippen LogP contribution in [0.25, 0.3) is 5.69 Å². The Morgan fingerprint density at radius 1 is 1.07 bits per heavy atom. The highest BCUT2D eigenvalue weighted by Crippen LogP contribution is 2.32. The molecule has 1 aliphatic rings. The maximum atomic E-state index is 5.81. The third-order valence-electron chi connectivity index (χ3n) is 5.21. The van der Waals surface area contributed by atoms with Gasteiger partial charge in [0.1, 0.15) is 5.82 Å². The number of nitrogens with two attached hydrogens (primary N) is 1. The largest absolute Gasteiger partial charge is 0.369 e. The van der Waals surface area contributed by atoms with Gasteiger partial charge in [-0.3, -0.25) is 0 Å².